The highest BCUT2D eigenvalue weighted by molar-refractivity contribution is 5.68. The molecule has 0 aromatic heterocycles. The van der Waals surface area contributed by atoms with Crippen molar-refractivity contribution in [2.75, 3.05) is 13.6 Å². The number of amides is 1. The zero-order valence-electron chi connectivity index (χ0n) is 12.3. The summed E-state index contributed by atoms with van der Waals surface area (Å²) in [5, 5.41) is 5.86. The number of alkyl carbamates (subject to hydrolysis) is 1. The maximum Gasteiger partial charge on any atom is 0.407 e. The molecule has 4 nitrogen and oxygen atoms in total. The predicted molar refractivity (Wildman–Crippen MR) is 71.2 cm³/mol. The van der Waals surface area contributed by atoms with E-state index in [1.807, 2.05) is 27.8 Å². The van der Waals surface area contributed by atoms with Gasteiger partial charge in [0.2, 0.25) is 0 Å². The van der Waals surface area contributed by atoms with Crippen molar-refractivity contribution in [3.8, 4) is 0 Å². The molecule has 0 heterocycles. The van der Waals surface area contributed by atoms with Gasteiger partial charge in [-0.3, -0.25) is 0 Å². The third-order valence-corrected chi connectivity index (χ3v) is 2.02. The van der Waals surface area contributed by atoms with Gasteiger partial charge in [0.1, 0.15) is 6.10 Å². The minimum absolute atomic E-state index is 0.0950. The third-order valence-electron chi connectivity index (χ3n) is 2.02. The van der Waals surface area contributed by atoms with E-state index in [1.165, 1.54) is 0 Å². The fraction of sp³-hybridized carbons (Fsp3) is 0.923. The van der Waals surface area contributed by atoms with Crippen molar-refractivity contribution in [1.29, 1.82) is 0 Å². The summed E-state index contributed by atoms with van der Waals surface area (Å²) in [5.74, 6) is 0. The van der Waals surface area contributed by atoms with E-state index < -0.39 is 0 Å². The van der Waals surface area contributed by atoms with Crippen LogP contribution < -0.4 is 10.6 Å². The van der Waals surface area contributed by atoms with Gasteiger partial charge in [-0.15, -0.1) is 0 Å². The van der Waals surface area contributed by atoms with Crippen LogP contribution in [0.2, 0.25) is 0 Å². The monoisotopic (exact) mass is 244 g/mol. The average molecular weight is 244 g/mol. The van der Waals surface area contributed by atoms with Gasteiger partial charge in [0.25, 0.3) is 0 Å². The lowest BCUT2D eigenvalue weighted by atomic mass is 9.89. The highest BCUT2D eigenvalue weighted by Crippen LogP contribution is 2.22. The number of ether oxygens (including phenoxy) is 1. The molecule has 0 unspecified atom stereocenters. The molecular weight excluding hydrogens is 216 g/mol. The molecule has 0 saturated heterocycles. The summed E-state index contributed by atoms with van der Waals surface area (Å²) in [7, 11) is 1.86. The summed E-state index contributed by atoms with van der Waals surface area (Å²) in [5.41, 5.74) is -0.119. The van der Waals surface area contributed by atoms with Gasteiger partial charge in [-0.05, 0) is 39.7 Å². The summed E-state index contributed by atoms with van der Waals surface area (Å²) >= 11 is 0. The molecular formula is C13H28N2O2. The van der Waals surface area contributed by atoms with Crippen molar-refractivity contribution in [3.05, 3.63) is 0 Å². The minimum atomic E-state index is -0.345. The van der Waals surface area contributed by atoms with Crippen LogP contribution in [0.5, 0.6) is 0 Å². The van der Waals surface area contributed by atoms with Crippen LogP contribution in [0.15, 0.2) is 0 Å². The Morgan fingerprint density at radius 3 is 2.06 bits per heavy atom. The first-order valence-corrected chi connectivity index (χ1v) is 6.17. The first kappa shape index (κ1) is 16.2. The number of hydrogen-bond donors (Lipinski definition) is 2. The summed E-state index contributed by atoms with van der Waals surface area (Å²) in [6.45, 7) is 12.9. The molecule has 0 aliphatic carbocycles. The Kier molecular flexibility index (Phi) is 5.96. The van der Waals surface area contributed by atoms with Crippen molar-refractivity contribution < 1.29 is 9.53 Å². The Bertz CT molecular complexity index is 239. The largest absolute Gasteiger partial charge is 0.445 e. The number of carbonyl (C=O) groups is 1. The standard InChI is InChI=1S/C13H28N2O2/c1-12(2,3)8-10(9-14-7)17-11(16)15-13(4,5)6/h10,14H,8-9H2,1-7H3,(H,15,16)/t10-/m0/s1. The maximum atomic E-state index is 11.7. The van der Waals surface area contributed by atoms with E-state index in [1.54, 1.807) is 0 Å². The molecule has 17 heavy (non-hydrogen) atoms. The second-order valence-electron chi connectivity index (χ2n) is 6.72. The van der Waals surface area contributed by atoms with Crippen molar-refractivity contribution in [1.82, 2.24) is 10.6 Å². The highest BCUT2D eigenvalue weighted by atomic mass is 16.6. The first-order valence-electron chi connectivity index (χ1n) is 6.17. The summed E-state index contributed by atoms with van der Waals surface area (Å²) in [6, 6.07) is 0. The molecule has 0 fully saturated rings. The molecule has 0 aliphatic rings. The summed E-state index contributed by atoms with van der Waals surface area (Å²) < 4.78 is 5.43. The molecule has 0 rings (SSSR count). The number of carbonyl (C=O) groups excluding carboxylic acids is 1. The van der Waals surface area contributed by atoms with Gasteiger partial charge in [-0.1, -0.05) is 20.8 Å². The van der Waals surface area contributed by atoms with Gasteiger partial charge in [-0.25, -0.2) is 4.79 Å². The molecule has 0 aromatic rings. The minimum Gasteiger partial charge on any atom is -0.445 e. The lowest BCUT2D eigenvalue weighted by molar-refractivity contribution is 0.0680. The zero-order valence-corrected chi connectivity index (χ0v) is 12.3. The summed E-state index contributed by atoms with van der Waals surface area (Å²) in [4.78, 5) is 11.7. The summed E-state index contributed by atoms with van der Waals surface area (Å²) in [6.07, 6.45) is 0.398. The van der Waals surface area contributed by atoms with Crippen molar-refractivity contribution >= 4 is 6.09 Å². The molecule has 0 radical (unpaired) electrons. The predicted octanol–water partition coefficient (Wildman–Crippen LogP) is 2.54. The van der Waals surface area contributed by atoms with Crippen LogP contribution in [-0.2, 0) is 4.74 Å². The van der Waals surface area contributed by atoms with Crippen molar-refractivity contribution in [3.63, 3.8) is 0 Å². The lowest BCUT2D eigenvalue weighted by Crippen LogP contribution is -2.44. The Morgan fingerprint density at radius 1 is 1.18 bits per heavy atom. The first-order chi connectivity index (χ1) is 7.53. The maximum absolute atomic E-state index is 11.7. The van der Waals surface area contributed by atoms with E-state index in [0.29, 0.717) is 6.54 Å². The Balaban J connectivity index is 4.30. The molecule has 0 spiro atoms. The van der Waals surface area contributed by atoms with Crippen LogP contribution in [0.4, 0.5) is 4.79 Å². The van der Waals surface area contributed by atoms with Crippen molar-refractivity contribution in [2.45, 2.75) is 59.6 Å². The SMILES string of the molecule is CNC[C@H](CC(C)(C)C)OC(=O)NC(C)(C)C. The van der Waals surface area contributed by atoms with Crippen LogP contribution in [0, 0.1) is 5.41 Å². The number of nitrogens with one attached hydrogen (secondary N) is 2. The zero-order chi connectivity index (χ0) is 13.7. The lowest BCUT2D eigenvalue weighted by Gasteiger charge is -2.27. The molecule has 4 heteroatoms. The van der Waals surface area contributed by atoms with E-state index in [2.05, 4.69) is 31.4 Å². The van der Waals surface area contributed by atoms with Gasteiger partial charge in [0.15, 0.2) is 0 Å². The van der Waals surface area contributed by atoms with Gasteiger partial charge < -0.3 is 15.4 Å². The molecule has 0 aromatic carbocycles. The quantitative estimate of drug-likeness (QED) is 0.799. The normalized spacial score (nSPS) is 14.3. The van der Waals surface area contributed by atoms with Gasteiger partial charge in [0.05, 0.1) is 0 Å². The third kappa shape index (κ3) is 10.1. The van der Waals surface area contributed by atoms with Gasteiger partial charge in [0, 0.05) is 12.1 Å². The van der Waals surface area contributed by atoms with Crippen LogP contribution in [0.1, 0.15) is 48.0 Å². The van der Waals surface area contributed by atoms with Gasteiger partial charge >= 0.3 is 6.09 Å². The molecule has 102 valence electrons. The van der Waals surface area contributed by atoms with Gasteiger partial charge in [-0.2, -0.15) is 0 Å². The second-order valence-corrected chi connectivity index (χ2v) is 6.72. The molecule has 0 saturated carbocycles. The van der Waals surface area contributed by atoms with Crippen LogP contribution >= 0.6 is 0 Å². The molecule has 1 atom stereocenters. The topological polar surface area (TPSA) is 50.4 Å². The molecule has 2 N–H and O–H groups in total. The number of likely N-dealkylation sites (N-methyl/N-ethyl adjacent to an activating group) is 1. The Labute approximate surface area is 105 Å². The van der Waals surface area contributed by atoms with Crippen LogP contribution in [0.3, 0.4) is 0 Å². The molecule has 0 bridgehead atoms. The number of hydrogen-bond acceptors (Lipinski definition) is 3. The van der Waals surface area contributed by atoms with Crippen molar-refractivity contribution in [2.24, 2.45) is 5.41 Å². The van der Waals surface area contributed by atoms with E-state index in [9.17, 15) is 4.79 Å². The average Bonchev–Trinajstić information content (AvgIpc) is 1.95. The van der Waals surface area contributed by atoms with E-state index in [0.717, 1.165) is 6.42 Å². The van der Waals surface area contributed by atoms with E-state index in [-0.39, 0.29) is 23.2 Å². The second kappa shape index (κ2) is 6.24. The molecule has 0 aliphatic heterocycles. The fourth-order valence-electron chi connectivity index (χ4n) is 1.55. The highest BCUT2D eigenvalue weighted by Gasteiger charge is 2.23. The van der Waals surface area contributed by atoms with Crippen LogP contribution in [-0.4, -0.2) is 31.3 Å². The van der Waals surface area contributed by atoms with E-state index >= 15 is 0 Å². The van der Waals surface area contributed by atoms with E-state index in [4.69, 9.17) is 4.74 Å². The van der Waals surface area contributed by atoms with Crippen LogP contribution in [0.25, 0.3) is 0 Å². The molecule has 1 amide bonds. The smallest absolute Gasteiger partial charge is 0.407 e. The Hall–Kier alpha value is -0.770. The number of rotatable bonds is 4. The Morgan fingerprint density at radius 2 is 1.71 bits per heavy atom. The fourth-order valence-corrected chi connectivity index (χ4v) is 1.55.